The average Bonchev–Trinajstić information content (AvgIpc) is 3.05. The van der Waals surface area contributed by atoms with E-state index in [2.05, 4.69) is 6.07 Å². The van der Waals surface area contributed by atoms with E-state index in [9.17, 15) is 45.2 Å². The average molecular weight is 639 g/mol. The molecule has 6 rings (SSSR count). The van der Waals surface area contributed by atoms with Crippen LogP contribution in [0.15, 0.2) is 18.2 Å². The van der Waals surface area contributed by atoms with Gasteiger partial charge in [-0.15, -0.1) is 0 Å². The van der Waals surface area contributed by atoms with E-state index in [1.54, 1.807) is 11.8 Å². The molecule has 0 aromatic heterocycles. The Morgan fingerprint density at radius 1 is 1.17 bits per heavy atom. The van der Waals surface area contributed by atoms with Crippen molar-refractivity contribution in [2.75, 3.05) is 33.5 Å². The van der Waals surface area contributed by atoms with Crippen molar-refractivity contribution in [3.63, 3.8) is 0 Å². The molecule has 2 heterocycles. The number of aliphatic hydroxyl groups excluding tert-OH is 2. The molecular weight excluding hydrogens is 604 g/mol. The maximum absolute atomic E-state index is 13.9. The molecule has 2 saturated heterocycles. The molecule has 46 heavy (non-hydrogen) atoms. The monoisotopic (exact) mass is 638 g/mol. The van der Waals surface area contributed by atoms with E-state index < -0.39 is 102 Å². The molecule has 4 aliphatic rings. The number of ketones is 3. The number of carbonyl (C=O) groups is 3. The number of carbonyl (C=O) groups excluding carboxylic acids is 3. The van der Waals surface area contributed by atoms with Crippen molar-refractivity contribution in [3.8, 4) is 23.3 Å². The van der Waals surface area contributed by atoms with Crippen LogP contribution in [0.25, 0.3) is 0 Å². The third-order valence-electron chi connectivity index (χ3n) is 9.48. The molecule has 2 aliphatic carbocycles. The first-order chi connectivity index (χ1) is 21.9. The lowest BCUT2D eigenvalue weighted by Gasteiger charge is -2.47. The van der Waals surface area contributed by atoms with Gasteiger partial charge in [-0.1, -0.05) is 12.1 Å². The number of aliphatic hydroxyl groups is 3. The minimum atomic E-state index is -2.29. The van der Waals surface area contributed by atoms with E-state index in [0.717, 1.165) is 0 Å². The van der Waals surface area contributed by atoms with E-state index in [4.69, 9.17) is 18.9 Å². The lowest BCUT2D eigenvalue weighted by Crippen LogP contribution is -2.60. The number of fused-ring (bicyclic) bond motifs is 3. The first kappa shape index (κ1) is 32.0. The van der Waals surface area contributed by atoms with Crippen LogP contribution < -0.4 is 4.74 Å². The number of methoxy groups -OCH3 is 1. The summed E-state index contributed by atoms with van der Waals surface area (Å²) in [5, 5.41) is 65.1. The predicted octanol–water partition coefficient (Wildman–Crippen LogP) is 0.267. The van der Waals surface area contributed by atoms with Crippen molar-refractivity contribution in [2.45, 2.75) is 68.5 Å². The van der Waals surface area contributed by atoms with Crippen LogP contribution in [0, 0.1) is 11.3 Å². The molecule has 14 nitrogen and oxygen atoms in total. The summed E-state index contributed by atoms with van der Waals surface area (Å²) in [6.07, 6.45) is -5.39. The van der Waals surface area contributed by atoms with Gasteiger partial charge >= 0.3 is 0 Å². The van der Waals surface area contributed by atoms with Gasteiger partial charge in [-0.05, 0) is 13.0 Å². The van der Waals surface area contributed by atoms with Crippen LogP contribution >= 0.6 is 0 Å². The number of nitriles is 1. The van der Waals surface area contributed by atoms with Gasteiger partial charge < -0.3 is 44.5 Å². The van der Waals surface area contributed by atoms with Crippen LogP contribution in [0.4, 0.5) is 0 Å². The molecule has 5 N–H and O–H groups in total. The molecule has 0 spiro atoms. The smallest absolute Gasteiger partial charge is 0.202 e. The Kier molecular flexibility index (Phi) is 8.36. The Labute approximate surface area is 263 Å². The van der Waals surface area contributed by atoms with E-state index in [1.807, 2.05) is 0 Å². The van der Waals surface area contributed by atoms with Gasteiger partial charge in [0.25, 0.3) is 0 Å². The Morgan fingerprint density at radius 3 is 2.61 bits per heavy atom. The fraction of sp³-hybridized carbons (Fsp3) is 0.500. The molecule has 14 heteroatoms. The zero-order valence-electron chi connectivity index (χ0n) is 25.1. The van der Waals surface area contributed by atoms with Gasteiger partial charge in [-0.2, -0.15) is 5.26 Å². The largest absolute Gasteiger partial charge is 0.507 e. The number of Topliss-reactive ketones (excluding diaryl/α,β-unsaturated/α-hetero) is 1. The van der Waals surface area contributed by atoms with E-state index in [-0.39, 0.29) is 41.0 Å². The van der Waals surface area contributed by atoms with Gasteiger partial charge in [-0.25, -0.2) is 0 Å². The standard InChI is InChI=1S/C32H34N2O12/c1-14-27(37)18(34-6-7-44-13-15(34)11-33)8-22(45-14)46-20-10-32(42,21(36)12-35)9-17-24(20)31(41)26-25(29(17)39)28(38)16-4-3-5-19(43-2)23(16)30(26)40/h3-5,14-15,18,20,22,27,35,37,39,41-42H,6-10,12-13H2,1-2H3/t14-,15?,18?,20-,22-,27+,32-/m0/s1. The lowest BCUT2D eigenvalue weighted by atomic mass is 9.72. The summed E-state index contributed by atoms with van der Waals surface area (Å²) < 4.78 is 23.0. The summed E-state index contributed by atoms with van der Waals surface area (Å²) in [5.74, 6) is -3.87. The van der Waals surface area contributed by atoms with Crippen molar-refractivity contribution < 1.29 is 58.9 Å². The molecule has 2 aromatic rings. The minimum Gasteiger partial charge on any atom is -0.507 e. The molecule has 0 amide bonds. The molecule has 0 saturated carbocycles. The van der Waals surface area contributed by atoms with E-state index in [0.29, 0.717) is 13.2 Å². The number of benzene rings is 2. The number of hydrogen-bond acceptors (Lipinski definition) is 14. The first-order valence-corrected chi connectivity index (χ1v) is 14.9. The summed E-state index contributed by atoms with van der Waals surface area (Å²) in [4.78, 5) is 42.2. The molecule has 0 radical (unpaired) electrons. The van der Waals surface area contributed by atoms with Gasteiger partial charge in [0.2, 0.25) is 5.78 Å². The summed E-state index contributed by atoms with van der Waals surface area (Å²) >= 11 is 0. The van der Waals surface area contributed by atoms with Crippen LogP contribution in [0.1, 0.15) is 68.8 Å². The van der Waals surface area contributed by atoms with E-state index >= 15 is 0 Å². The first-order valence-electron chi connectivity index (χ1n) is 14.9. The number of ether oxygens (including phenoxy) is 4. The fourth-order valence-electron chi connectivity index (χ4n) is 7.15. The highest BCUT2D eigenvalue weighted by Gasteiger charge is 2.51. The normalized spacial score (nSPS) is 31.0. The van der Waals surface area contributed by atoms with Gasteiger partial charge in [-0.3, -0.25) is 19.3 Å². The zero-order chi connectivity index (χ0) is 33.1. The number of aromatic hydroxyl groups is 2. The zero-order valence-corrected chi connectivity index (χ0v) is 25.1. The number of hydrogen-bond donors (Lipinski definition) is 5. The molecule has 7 atom stereocenters. The summed E-state index contributed by atoms with van der Waals surface area (Å²) in [6, 6.07) is 5.28. The Balaban J connectivity index is 1.44. The van der Waals surface area contributed by atoms with Crippen LogP contribution in [-0.4, -0.2) is 117 Å². The van der Waals surface area contributed by atoms with Crippen molar-refractivity contribution in [3.05, 3.63) is 51.6 Å². The van der Waals surface area contributed by atoms with Crippen LogP contribution in [0.3, 0.4) is 0 Å². The molecule has 2 aliphatic heterocycles. The Bertz CT molecular complexity index is 1650. The number of morpholine rings is 1. The van der Waals surface area contributed by atoms with Crippen LogP contribution in [0.2, 0.25) is 0 Å². The third kappa shape index (κ3) is 4.96. The number of nitrogens with zero attached hydrogens (tertiary/aromatic N) is 2. The maximum Gasteiger partial charge on any atom is 0.202 e. The van der Waals surface area contributed by atoms with Gasteiger partial charge in [0, 0.05) is 48.5 Å². The van der Waals surface area contributed by atoms with E-state index in [1.165, 1.54) is 25.3 Å². The molecule has 2 fully saturated rings. The molecule has 2 unspecified atom stereocenters. The summed E-state index contributed by atoms with van der Waals surface area (Å²) in [5.41, 5.74) is -3.78. The SMILES string of the molecule is COc1cccc2c1C(=O)c1c(O)c3c(c(O)c1C2=O)C[C@@](O)(C(=O)CO)C[C@@H]3O[C@H]1CC(N2CCOCC2C#N)[C@H](O)[C@H](C)O1. The highest BCUT2D eigenvalue weighted by Crippen LogP contribution is 2.52. The van der Waals surface area contributed by atoms with Crippen LogP contribution in [-0.2, 0) is 25.4 Å². The number of rotatable bonds is 6. The molecule has 244 valence electrons. The second-order valence-corrected chi connectivity index (χ2v) is 12.0. The quantitative estimate of drug-likeness (QED) is 0.229. The Morgan fingerprint density at radius 2 is 1.91 bits per heavy atom. The van der Waals surface area contributed by atoms with Gasteiger partial charge in [0.05, 0.1) is 61.4 Å². The van der Waals surface area contributed by atoms with Gasteiger partial charge in [0.1, 0.15) is 35.5 Å². The highest BCUT2D eigenvalue weighted by atomic mass is 16.7. The van der Waals surface area contributed by atoms with Gasteiger partial charge in [0.15, 0.2) is 17.9 Å². The summed E-state index contributed by atoms with van der Waals surface area (Å²) in [6.45, 7) is 1.42. The Hall–Kier alpha value is -3.94. The maximum atomic E-state index is 13.9. The van der Waals surface area contributed by atoms with Crippen molar-refractivity contribution in [1.29, 1.82) is 5.26 Å². The van der Waals surface area contributed by atoms with Crippen molar-refractivity contribution in [2.24, 2.45) is 0 Å². The predicted molar refractivity (Wildman–Crippen MR) is 154 cm³/mol. The minimum absolute atomic E-state index is 0.0293. The molecule has 0 bridgehead atoms. The summed E-state index contributed by atoms with van der Waals surface area (Å²) in [7, 11) is 1.32. The number of phenols is 2. The van der Waals surface area contributed by atoms with Crippen molar-refractivity contribution in [1.82, 2.24) is 4.90 Å². The van der Waals surface area contributed by atoms with Crippen LogP contribution in [0.5, 0.6) is 17.2 Å². The van der Waals surface area contributed by atoms with Crippen molar-refractivity contribution >= 4 is 17.3 Å². The molecular formula is C32H34N2O12. The lowest BCUT2D eigenvalue weighted by molar-refractivity contribution is -0.262. The second kappa shape index (κ2) is 12.0. The molecule has 2 aromatic carbocycles. The number of phenolic OH excluding ortho intramolecular Hbond substituents is 2. The topological polar surface area (TPSA) is 216 Å². The highest BCUT2D eigenvalue weighted by molar-refractivity contribution is 6.31. The third-order valence-corrected chi connectivity index (χ3v) is 9.48. The fourth-order valence-corrected chi connectivity index (χ4v) is 7.15. The second-order valence-electron chi connectivity index (χ2n) is 12.0.